The number of carbonyl (C=O) groups is 1. The van der Waals surface area contributed by atoms with E-state index in [1.54, 1.807) is 19.1 Å². The second-order valence-corrected chi connectivity index (χ2v) is 7.10. The molecule has 1 aromatic rings. The topological polar surface area (TPSA) is 74.2 Å². The van der Waals surface area contributed by atoms with Crippen molar-refractivity contribution in [1.82, 2.24) is 0 Å². The minimum absolute atomic E-state index is 0.149. The van der Waals surface area contributed by atoms with Gasteiger partial charge in [-0.1, -0.05) is 25.3 Å². The number of hydrogen-bond donors (Lipinski definition) is 1. The van der Waals surface area contributed by atoms with Gasteiger partial charge in [-0.15, -0.1) is 0 Å². The number of rotatable bonds is 6. The molecule has 3 aliphatic heterocycles. The Morgan fingerprint density at radius 3 is 2.69 bits per heavy atom. The Hall–Kier alpha value is -2.31. The molecule has 0 aromatic heterocycles. The minimum atomic E-state index is -1.59. The summed E-state index contributed by atoms with van der Waals surface area (Å²) in [5.74, 6) is -1.20. The molecule has 6 nitrogen and oxygen atoms in total. The fourth-order valence-electron chi connectivity index (χ4n) is 4.45. The lowest BCUT2D eigenvalue weighted by Crippen LogP contribution is -2.54. The van der Waals surface area contributed by atoms with Crippen molar-refractivity contribution in [2.24, 2.45) is 0 Å². The first-order chi connectivity index (χ1) is 12.4. The molecule has 2 saturated heterocycles. The van der Waals surface area contributed by atoms with Crippen LogP contribution < -0.4 is 9.47 Å². The van der Waals surface area contributed by atoms with Gasteiger partial charge in [0.15, 0.2) is 5.60 Å². The molecule has 1 aromatic carbocycles. The Morgan fingerprint density at radius 1 is 1.35 bits per heavy atom. The minimum Gasteiger partial charge on any atom is -0.489 e. The molecule has 1 aliphatic carbocycles. The second-order valence-electron chi connectivity index (χ2n) is 7.10. The van der Waals surface area contributed by atoms with Gasteiger partial charge in [-0.2, -0.15) is 0 Å². The highest BCUT2D eigenvalue weighted by Gasteiger charge is 2.72. The number of ether oxygens (including phenoxy) is 4. The largest absolute Gasteiger partial charge is 0.489 e. The van der Waals surface area contributed by atoms with Crippen LogP contribution >= 0.6 is 0 Å². The van der Waals surface area contributed by atoms with Gasteiger partial charge in [-0.3, -0.25) is 0 Å². The highest BCUT2D eigenvalue weighted by molar-refractivity contribution is 5.86. The molecule has 0 spiro atoms. The highest BCUT2D eigenvalue weighted by atomic mass is 16.7. The Kier molecular flexibility index (Phi) is 3.68. The molecule has 5 rings (SSSR count). The van der Waals surface area contributed by atoms with E-state index in [0.29, 0.717) is 24.7 Å². The van der Waals surface area contributed by atoms with E-state index in [4.69, 9.17) is 18.9 Å². The molecule has 2 fully saturated rings. The van der Waals surface area contributed by atoms with Gasteiger partial charge in [-0.05, 0) is 18.6 Å². The maximum Gasteiger partial charge on any atom is 0.341 e. The molecule has 6 heteroatoms. The standard InChI is InChI=1S/C20H22O6/c1-5-7-23-13-9-12-15(16(11(13)3)24-8-6-2)14-10-20(22)17(12)19(4,25-14)26-18(20)21/h5-6,9,14,17,22H,1-2,7-8,10H2,3-4H3/t14-,17+,19+,20-/m1/s1. The van der Waals surface area contributed by atoms with Gasteiger partial charge in [0.05, 0.1) is 12.0 Å². The summed E-state index contributed by atoms with van der Waals surface area (Å²) >= 11 is 0. The third-order valence-corrected chi connectivity index (χ3v) is 5.41. The van der Waals surface area contributed by atoms with Crippen LogP contribution in [0.1, 0.15) is 42.1 Å². The molecular weight excluding hydrogens is 336 g/mol. The first-order valence-electron chi connectivity index (χ1n) is 8.64. The van der Waals surface area contributed by atoms with Gasteiger partial charge < -0.3 is 24.1 Å². The van der Waals surface area contributed by atoms with Gasteiger partial charge in [0.25, 0.3) is 0 Å². The fraction of sp³-hybridized carbons (Fsp3) is 0.450. The summed E-state index contributed by atoms with van der Waals surface area (Å²) < 4.78 is 23.2. The van der Waals surface area contributed by atoms with E-state index < -0.39 is 29.4 Å². The molecule has 0 amide bonds. The van der Waals surface area contributed by atoms with Gasteiger partial charge in [0.1, 0.15) is 24.7 Å². The van der Waals surface area contributed by atoms with Crippen molar-refractivity contribution in [2.45, 2.75) is 43.7 Å². The normalized spacial score (nSPS) is 33.4. The summed E-state index contributed by atoms with van der Waals surface area (Å²) in [4.78, 5) is 12.3. The van der Waals surface area contributed by atoms with Gasteiger partial charge in [0.2, 0.25) is 5.79 Å². The average molecular weight is 358 g/mol. The third-order valence-electron chi connectivity index (χ3n) is 5.41. The number of carbonyl (C=O) groups excluding carboxylic acids is 1. The van der Waals surface area contributed by atoms with Crippen LogP contribution in [0.2, 0.25) is 0 Å². The summed E-state index contributed by atoms with van der Waals surface area (Å²) in [5.41, 5.74) is 0.860. The van der Waals surface area contributed by atoms with Crippen LogP contribution in [-0.2, 0) is 14.3 Å². The highest BCUT2D eigenvalue weighted by Crippen LogP contribution is 2.65. The maximum absolute atomic E-state index is 12.3. The van der Waals surface area contributed by atoms with E-state index >= 15 is 0 Å². The van der Waals surface area contributed by atoms with Crippen LogP contribution in [0.3, 0.4) is 0 Å². The van der Waals surface area contributed by atoms with E-state index in [9.17, 15) is 9.90 Å². The first-order valence-corrected chi connectivity index (χ1v) is 8.64. The van der Waals surface area contributed by atoms with Crippen LogP contribution in [-0.4, -0.2) is 35.7 Å². The average Bonchev–Trinajstić information content (AvgIpc) is 2.72. The Labute approximate surface area is 152 Å². The number of aliphatic hydroxyl groups is 1. The SMILES string of the molecule is C=CCOc1cc2c(c(OCC=C)c1C)[C@H]1C[C@]3(O)C(=O)O[C@](C)(O1)[C@H]23. The van der Waals surface area contributed by atoms with E-state index in [-0.39, 0.29) is 6.42 Å². The lowest BCUT2D eigenvalue weighted by molar-refractivity contribution is -0.257. The first kappa shape index (κ1) is 17.1. The maximum atomic E-state index is 12.3. The Balaban J connectivity index is 1.92. The summed E-state index contributed by atoms with van der Waals surface area (Å²) in [6.07, 6.45) is 2.97. The van der Waals surface area contributed by atoms with Crippen LogP contribution in [0.25, 0.3) is 0 Å². The molecular formula is C20H22O6. The Morgan fingerprint density at radius 2 is 2.04 bits per heavy atom. The lowest BCUT2D eigenvalue weighted by atomic mass is 9.66. The second kappa shape index (κ2) is 5.59. The quantitative estimate of drug-likeness (QED) is 0.623. The predicted octanol–water partition coefficient (Wildman–Crippen LogP) is 2.69. The molecule has 4 bridgehead atoms. The van der Waals surface area contributed by atoms with Crippen molar-refractivity contribution in [3.63, 3.8) is 0 Å². The molecule has 0 saturated carbocycles. The zero-order valence-corrected chi connectivity index (χ0v) is 14.9. The van der Waals surface area contributed by atoms with E-state index in [1.165, 1.54) is 0 Å². The molecule has 4 aliphatic rings. The van der Waals surface area contributed by atoms with Crippen LogP contribution in [0.5, 0.6) is 11.5 Å². The molecule has 1 N–H and O–H groups in total. The van der Waals surface area contributed by atoms with Crippen molar-refractivity contribution in [3.05, 3.63) is 48.1 Å². The predicted molar refractivity (Wildman–Crippen MR) is 93.2 cm³/mol. The van der Waals surface area contributed by atoms with Crippen molar-refractivity contribution < 1.29 is 28.8 Å². The summed E-state index contributed by atoms with van der Waals surface area (Å²) in [5, 5.41) is 11.0. The number of hydrogen-bond acceptors (Lipinski definition) is 6. The van der Waals surface area contributed by atoms with Crippen LogP contribution in [0, 0.1) is 6.92 Å². The molecule has 0 unspecified atom stereocenters. The van der Waals surface area contributed by atoms with Crippen molar-refractivity contribution >= 4 is 5.97 Å². The van der Waals surface area contributed by atoms with E-state index in [0.717, 1.165) is 16.7 Å². The van der Waals surface area contributed by atoms with Crippen molar-refractivity contribution in [2.75, 3.05) is 13.2 Å². The monoisotopic (exact) mass is 358 g/mol. The lowest BCUT2D eigenvalue weighted by Gasteiger charge is -2.49. The number of esters is 1. The van der Waals surface area contributed by atoms with Crippen LogP contribution in [0.15, 0.2) is 31.4 Å². The summed E-state index contributed by atoms with van der Waals surface area (Å²) in [7, 11) is 0. The zero-order valence-electron chi connectivity index (χ0n) is 14.9. The summed E-state index contributed by atoms with van der Waals surface area (Å²) in [6.45, 7) is 11.6. The fourth-order valence-corrected chi connectivity index (χ4v) is 4.45. The molecule has 3 heterocycles. The van der Waals surface area contributed by atoms with E-state index in [2.05, 4.69) is 13.2 Å². The molecule has 26 heavy (non-hydrogen) atoms. The molecule has 138 valence electrons. The molecule has 4 atom stereocenters. The number of benzene rings is 1. The van der Waals surface area contributed by atoms with Gasteiger partial charge in [0, 0.05) is 24.5 Å². The van der Waals surface area contributed by atoms with Gasteiger partial charge >= 0.3 is 5.97 Å². The van der Waals surface area contributed by atoms with Crippen LogP contribution in [0.4, 0.5) is 0 Å². The third kappa shape index (κ3) is 2.09. The summed E-state index contributed by atoms with van der Waals surface area (Å²) in [6, 6.07) is 1.86. The molecule has 0 radical (unpaired) electrons. The van der Waals surface area contributed by atoms with Gasteiger partial charge in [-0.25, -0.2) is 4.79 Å². The Bertz CT molecular complexity index is 815. The van der Waals surface area contributed by atoms with Crippen molar-refractivity contribution in [1.29, 1.82) is 0 Å². The smallest absolute Gasteiger partial charge is 0.341 e. The zero-order chi connectivity index (χ0) is 18.7. The van der Waals surface area contributed by atoms with E-state index in [1.807, 2.05) is 13.0 Å². The van der Waals surface area contributed by atoms with Crippen molar-refractivity contribution in [3.8, 4) is 11.5 Å².